The van der Waals surface area contributed by atoms with Crippen LogP contribution >= 0.6 is 12.4 Å². The second-order valence-corrected chi connectivity index (χ2v) is 5.16. The number of carbonyl (C=O) groups is 1. The summed E-state index contributed by atoms with van der Waals surface area (Å²) < 4.78 is 18.6. The van der Waals surface area contributed by atoms with Gasteiger partial charge in [0.05, 0.1) is 0 Å². The van der Waals surface area contributed by atoms with Crippen molar-refractivity contribution in [2.45, 2.75) is 13.0 Å². The second-order valence-electron chi connectivity index (χ2n) is 5.16. The number of carbonyl (C=O) groups excluding carboxylic acids is 1. The molecule has 0 aliphatic heterocycles. The second kappa shape index (κ2) is 10.6. The van der Waals surface area contributed by atoms with E-state index < -0.39 is 0 Å². The topological polar surface area (TPSA) is 50.4 Å². The smallest absolute Gasteiger partial charge is 0.251 e. The van der Waals surface area contributed by atoms with E-state index in [2.05, 4.69) is 10.6 Å². The fourth-order valence-electron chi connectivity index (χ4n) is 2.09. The number of amides is 1. The molecule has 2 rings (SSSR count). The van der Waals surface area contributed by atoms with E-state index in [0.717, 1.165) is 18.5 Å². The number of benzene rings is 2. The predicted octanol–water partition coefficient (Wildman–Crippen LogP) is 3.17. The van der Waals surface area contributed by atoms with E-state index in [4.69, 9.17) is 4.74 Å². The summed E-state index contributed by atoms with van der Waals surface area (Å²) in [6, 6.07) is 13.2. The van der Waals surface area contributed by atoms with Crippen molar-refractivity contribution in [3.8, 4) is 5.75 Å². The Labute approximate surface area is 147 Å². The number of rotatable bonds is 8. The van der Waals surface area contributed by atoms with Crippen molar-refractivity contribution >= 4 is 18.3 Å². The summed E-state index contributed by atoms with van der Waals surface area (Å²) in [5.41, 5.74) is 1.45. The summed E-state index contributed by atoms with van der Waals surface area (Å²) in [4.78, 5) is 12.1. The Bertz CT molecular complexity index is 652. The lowest BCUT2D eigenvalue weighted by molar-refractivity contribution is 0.0953. The minimum atomic E-state index is -0.336. The summed E-state index contributed by atoms with van der Waals surface area (Å²) in [5, 5.41) is 5.90. The first-order valence-electron chi connectivity index (χ1n) is 7.59. The summed E-state index contributed by atoms with van der Waals surface area (Å²) in [6.07, 6.45) is 0.880. The molecular weight excluding hydrogens is 331 g/mol. The monoisotopic (exact) mass is 352 g/mol. The lowest BCUT2D eigenvalue weighted by atomic mass is 10.1. The van der Waals surface area contributed by atoms with Crippen LogP contribution in [0.4, 0.5) is 4.39 Å². The van der Waals surface area contributed by atoms with Crippen molar-refractivity contribution in [1.82, 2.24) is 10.6 Å². The van der Waals surface area contributed by atoms with E-state index in [9.17, 15) is 9.18 Å². The van der Waals surface area contributed by atoms with Gasteiger partial charge in [-0.15, -0.1) is 12.4 Å². The van der Waals surface area contributed by atoms with Crippen molar-refractivity contribution < 1.29 is 13.9 Å². The Morgan fingerprint density at radius 1 is 1.12 bits per heavy atom. The molecule has 0 aromatic heterocycles. The number of hydrogen-bond donors (Lipinski definition) is 2. The molecule has 0 bridgehead atoms. The van der Waals surface area contributed by atoms with Gasteiger partial charge in [0, 0.05) is 18.2 Å². The van der Waals surface area contributed by atoms with Crippen LogP contribution in [0, 0.1) is 5.82 Å². The van der Waals surface area contributed by atoms with Crippen LogP contribution in [0.5, 0.6) is 5.75 Å². The molecule has 0 aliphatic carbocycles. The zero-order valence-electron chi connectivity index (χ0n) is 13.5. The van der Waals surface area contributed by atoms with Gasteiger partial charge < -0.3 is 15.4 Å². The normalized spacial score (nSPS) is 9.92. The van der Waals surface area contributed by atoms with Gasteiger partial charge in [-0.05, 0) is 49.8 Å². The van der Waals surface area contributed by atoms with E-state index in [1.165, 1.54) is 12.1 Å². The van der Waals surface area contributed by atoms with Crippen molar-refractivity contribution in [3.63, 3.8) is 0 Å². The third kappa shape index (κ3) is 6.56. The first-order chi connectivity index (χ1) is 11.2. The van der Waals surface area contributed by atoms with Gasteiger partial charge >= 0.3 is 0 Å². The van der Waals surface area contributed by atoms with Gasteiger partial charge in [-0.3, -0.25) is 4.79 Å². The minimum Gasteiger partial charge on any atom is -0.489 e. The van der Waals surface area contributed by atoms with Crippen LogP contribution in [0.1, 0.15) is 22.3 Å². The lowest BCUT2D eigenvalue weighted by Crippen LogP contribution is -2.26. The average Bonchev–Trinajstić information content (AvgIpc) is 2.57. The van der Waals surface area contributed by atoms with Gasteiger partial charge in [0.1, 0.15) is 18.2 Å². The number of nitrogens with one attached hydrogen (secondary N) is 2. The molecule has 2 N–H and O–H groups in total. The Morgan fingerprint density at radius 3 is 2.67 bits per heavy atom. The SMILES string of the molecule is CNCCCNC(=O)c1cccc(COc2cccc(F)c2)c1.Cl. The van der Waals surface area contributed by atoms with E-state index >= 15 is 0 Å². The van der Waals surface area contributed by atoms with Gasteiger partial charge in [0.15, 0.2) is 0 Å². The Kier molecular flexibility index (Phi) is 8.83. The fraction of sp³-hybridized carbons (Fsp3) is 0.278. The molecule has 0 radical (unpaired) electrons. The van der Waals surface area contributed by atoms with Gasteiger partial charge in [-0.1, -0.05) is 18.2 Å². The molecular formula is C18H22ClFN2O2. The van der Waals surface area contributed by atoms with Gasteiger partial charge in [-0.25, -0.2) is 4.39 Å². The zero-order chi connectivity index (χ0) is 16.5. The molecule has 2 aromatic rings. The Balaban J connectivity index is 0.00000288. The first-order valence-corrected chi connectivity index (χ1v) is 7.59. The molecule has 0 saturated heterocycles. The third-order valence-corrected chi connectivity index (χ3v) is 3.28. The molecule has 24 heavy (non-hydrogen) atoms. The minimum absolute atomic E-state index is 0. The largest absolute Gasteiger partial charge is 0.489 e. The van der Waals surface area contributed by atoms with E-state index in [-0.39, 0.29) is 30.7 Å². The Morgan fingerprint density at radius 2 is 1.92 bits per heavy atom. The molecule has 2 aromatic carbocycles. The van der Waals surface area contributed by atoms with E-state index in [1.54, 1.807) is 24.3 Å². The molecule has 0 spiro atoms. The highest BCUT2D eigenvalue weighted by Crippen LogP contribution is 2.14. The number of hydrogen-bond acceptors (Lipinski definition) is 3. The highest BCUT2D eigenvalue weighted by atomic mass is 35.5. The molecule has 0 heterocycles. The number of halogens is 2. The van der Waals surface area contributed by atoms with Crippen molar-refractivity contribution in [2.75, 3.05) is 20.1 Å². The summed E-state index contributed by atoms with van der Waals surface area (Å²) in [5.74, 6) is 0.0258. The molecule has 0 saturated carbocycles. The van der Waals surface area contributed by atoms with Crippen molar-refractivity contribution in [2.24, 2.45) is 0 Å². The van der Waals surface area contributed by atoms with Crippen LogP contribution in [0.3, 0.4) is 0 Å². The third-order valence-electron chi connectivity index (χ3n) is 3.28. The fourth-order valence-corrected chi connectivity index (χ4v) is 2.09. The summed E-state index contributed by atoms with van der Waals surface area (Å²) in [6.45, 7) is 1.77. The maximum absolute atomic E-state index is 13.1. The first kappa shape index (κ1) is 19.9. The van der Waals surface area contributed by atoms with Gasteiger partial charge in [0.25, 0.3) is 5.91 Å². The zero-order valence-corrected chi connectivity index (χ0v) is 14.4. The van der Waals surface area contributed by atoms with Crippen LogP contribution in [0.15, 0.2) is 48.5 Å². The molecule has 6 heteroatoms. The van der Waals surface area contributed by atoms with Crippen molar-refractivity contribution in [3.05, 3.63) is 65.5 Å². The number of ether oxygens (including phenoxy) is 1. The van der Waals surface area contributed by atoms with E-state index in [0.29, 0.717) is 17.9 Å². The lowest BCUT2D eigenvalue weighted by Gasteiger charge is -2.09. The predicted molar refractivity (Wildman–Crippen MR) is 95.3 cm³/mol. The van der Waals surface area contributed by atoms with Crippen LogP contribution in [-0.4, -0.2) is 26.0 Å². The van der Waals surface area contributed by atoms with Crippen LogP contribution < -0.4 is 15.4 Å². The average molecular weight is 353 g/mol. The highest BCUT2D eigenvalue weighted by molar-refractivity contribution is 5.94. The molecule has 0 unspecified atom stereocenters. The quantitative estimate of drug-likeness (QED) is 0.717. The standard InChI is InChI=1S/C18H21FN2O2.ClH/c1-20-9-4-10-21-18(22)15-6-2-5-14(11-15)13-23-17-8-3-7-16(19)12-17;/h2-3,5-8,11-12,20H,4,9-10,13H2,1H3,(H,21,22);1H. The maximum atomic E-state index is 13.1. The molecule has 1 amide bonds. The molecule has 0 atom stereocenters. The van der Waals surface area contributed by atoms with Crippen LogP contribution in [-0.2, 0) is 6.61 Å². The van der Waals surface area contributed by atoms with Gasteiger partial charge in [0.2, 0.25) is 0 Å². The van der Waals surface area contributed by atoms with Crippen LogP contribution in [0.25, 0.3) is 0 Å². The maximum Gasteiger partial charge on any atom is 0.251 e. The summed E-state index contributed by atoms with van der Waals surface area (Å²) in [7, 11) is 1.88. The highest BCUT2D eigenvalue weighted by Gasteiger charge is 2.06. The van der Waals surface area contributed by atoms with Crippen molar-refractivity contribution in [1.29, 1.82) is 0 Å². The molecule has 0 fully saturated rings. The van der Waals surface area contributed by atoms with Crippen LogP contribution in [0.2, 0.25) is 0 Å². The molecule has 4 nitrogen and oxygen atoms in total. The molecule has 130 valence electrons. The van der Waals surface area contributed by atoms with Gasteiger partial charge in [-0.2, -0.15) is 0 Å². The summed E-state index contributed by atoms with van der Waals surface area (Å²) >= 11 is 0. The van der Waals surface area contributed by atoms with E-state index in [1.807, 2.05) is 19.2 Å². The Hall–Kier alpha value is -2.11. The molecule has 0 aliphatic rings.